The molecule has 0 spiro atoms. The molecule has 0 fully saturated rings. The minimum absolute atomic E-state index is 0.681. The SMILES string of the molecule is N#Cc1cccc(-c2c3ccccc3cc3c2c2cccc4c5ccccc5n3c42)c1. The van der Waals surface area contributed by atoms with Gasteiger partial charge in [0.15, 0.2) is 0 Å². The van der Waals surface area contributed by atoms with Crippen LogP contribution in [0.15, 0.2) is 97.1 Å². The third kappa shape index (κ3) is 2.05. The van der Waals surface area contributed by atoms with Gasteiger partial charge < -0.3 is 4.40 Å². The molecule has 2 heteroatoms. The molecule has 0 aliphatic rings. The summed E-state index contributed by atoms with van der Waals surface area (Å²) < 4.78 is 2.42. The highest BCUT2D eigenvalue weighted by Crippen LogP contribution is 2.45. The van der Waals surface area contributed by atoms with Gasteiger partial charge >= 0.3 is 0 Å². The van der Waals surface area contributed by atoms with Gasteiger partial charge in [0.1, 0.15) is 0 Å². The molecule has 0 N–H and O–H groups in total. The fourth-order valence-corrected chi connectivity index (χ4v) is 5.30. The van der Waals surface area contributed by atoms with Gasteiger partial charge in [0, 0.05) is 21.5 Å². The lowest BCUT2D eigenvalue weighted by atomic mass is 9.92. The van der Waals surface area contributed by atoms with E-state index in [0.717, 1.165) is 5.56 Å². The second-order valence-corrected chi connectivity index (χ2v) is 8.11. The van der Waals surface area contributed by atoms with E-state index in [2.05, 4.69) is 89.3 Å². The summed E-state index contributed by atoms with van der Waals surface area (Å²) in [5.41, 5.74) is 6.68. The molecule has 7 aromatic rings. The second kappa shape index (κ2) is 5.84. The number of hydrogen-bond donors (Lipinski definition) is 0. The van der Waals surface area contributed by atoms with Crippen LogP contribution < -0.4 is 0 Å². The fraction of sp³-hybridized carbons (Fsp3) is 0. The first-order valence-corrected chi connectivity index (χ1v) is 10.4. The number of benzene rings is 5. The summed E-state index contributed by atoms with van der Waals surface area (Å²) in [6, 6.07) is 36.4. The van der Waals surface area contributed by atoms with Crippen LogP contribution in [0.1, 0.15) is 5.56 Å². The Hall–Kier alpha value is -4.35. The Morgan fingerprint density at radius 2 is 1.35 bits per heavy atom. The predicted octanol–water partition coefficient (Wildman–Crippen LogP) is 7.53. The molecule has 0 aliphatic carbocycles. The molecular weight excluding hydrogens is 376 g/mol. The van der Waals surface area contributed by atoms with Crippen LogP contribution in [0.2, 0.25) is 0 Å². The first kappa shape index (κ1) is 16.4. The maximum absolute atomic E-state index is 9.51. The maximum atomic E-state index is 9.51. The van der Waals surface area contributed by atoms with E-state index in [1.54, 1.807) is 0 Å². The summed E-state index contributed by atoms with van der Waals surface area (Å²) in [6.07, 6.45) is 0. The van der Waals surface area contributed by atoms with E-state index >= 15 is 0 Å². The molecular formula is C29H16N2. The molecule has 0 radical (unpaired) electrons. The number of fused-ring (bicyclic) bond motifs is 7. The van der Waals surface area contributed by atoms with Crippen LogP contribution in [-0.4, -0.2) is 4.40 Å². The molecule has 2 nitrogen and oxygen atoms in total. The van der Waals surface area contributed by atoms with E-state index in [4.69, 9.17) is 0 Å². The Morgan fingerprint density at radius 3 is 2.26 bits per heavy atom. The molecule has 0 saturated heterocycles. The van der Waals surface area contributed by atoms with Crippen LogP contribution in [0.4, 0.5) is 0 Å². The first-order valence-electron chi connectivity index (χ1n) is 10.4. The monoisotopic (exact) mass is 392 g/mol. The summed E-state index contributed by atoms with van der Waals surface area (Å²) in [5.74, 6) is 0. The highest BCUT2D eigenvalue weighted by atomic mass is 14.9. The third-order valence-corrected chi connectivity index (χ3v) is 6.51. The predicted molar refractivity (Wildman–Crippen MR) is 129 cm³/mol. The number of nitriles is 1. The summed E-state index contributed by atoms with van der Waals surface area (Å²) in [5, 5.41) is 17.0. The average Bonchev–Trinajstić information content (AvgIpc) is 3.34. The fourth-order valence-electron chi connectivity index (χ4n) is 5.30. The van der Waals surface area contributed by atoms with Gasteiger partial charge in [-0.25, -0.2) is 0 Å². The molecule has 0 saturated carbocycles. The zero-order valence-corrected chi connectivity index (χ0v) is 16.6. The van der Waals surface area contributed by atoms with Crippen molar-refractivity contribution in [3.05, 3.63) is 103 Å². The van der Waals surface area contributed by atoms with Crippen LogP contribution in [0.25, 0.3) is 60.0 Å². The van der Waals surface area contributed by atoms with Gasteiger partial charge in [0.05, 0.1) is 28.2 Å². The van der Waals surface area contributed by atoms with Crippen molar-refractivity contribution >= 4 is 48.9 Å². The summed E-state index contributed by atoms with van der Waals surface area (Å²) in [7, 11) is 0. The Kier molecular flexibility index (Phi) is 3.10. The lowest BCUT2D eigenvalue weighted by molar-refractivity contribution is 1.37. The lowest BCUT2D eigenvalue weighted by Gasteiger charge is -2.11. The van der Waals surface area contributed by atoms with Crippen LogP contribution in [0, 0.1) is 11.3 Å². The van der Waals surface area contributed by atoms with Crippen molar-refractivity contribution in [1.29, 1.82) is 5.26 Å². The molecule has 0 unspecified atom stereocenters. The van der Waals surface area contributed by atoms with Crippen molar-refractivity contribution in [2.45, 2.75) is 0 Å². The second-order valence-electron chi connectivity index (χ2n) is 8.11. The van der Waals surface area contributed by atoms with Crippen molar-refractivity contribution in [2.75, 3.05) is 0 Å². The van der Waals surface area contributed by atoms with Gasteiger partial charge in [0.2, 0.25) is 0 Å². The quantitative estimate of drug-likeness (QED) is 0.284. The van der Waals surface area contributed by atoms with Crippen LogP contribution in [0.3, 0.4) is 0 Å². The van der Waals surface area contributed by atoms with Crippen LogP contribution in [0.5, 0.6) is 0 Å². The van der Waals surface area contributed by atoms with Gasteiger partial charge in [-0.1, -0.05) is 72.8 Å². The Labute approximate surface area is 178 Å². The van der Waals surface area contributed by atoms with Crippen LogP contribution in [-0.2, 0) is 0 Å². The molecule has 2 aromatic heterocycles. The molecule has 2 heterocycles. The normalized spacial score (nSPS) is 11.8. The van der Waals surface area contributed by atoms with E-state index in [-0.39, 0.29) is 0 Å². The van der Waals surface area contributed by atoms with Gasteiger partial charge in [0.25, 0.3) is 0 Å². The standard InChI is InChI=1S/C29H16N2/c30-17-18-7-5-9-20(15-18)27-21-10-2-1-8-19(21)16-26-28(27)24-13-6-12-23-22-11-3-4-14-25(22)31(26)29(23)24/h1-16H. The summed E-state index contributed by atoms with van der Waals surface area (Å²) in [6.45, 7) is 0. The van der Waals surface area contributed by atoms with Crippen molar-refractivity contribution < 1.29 is 0 Å². The van der Waals surface area contributed by atoms with Crippen molar-refractivity contribution in [3.63, 3.8) is 0 Å². The number of nitrogens with zero attached hydrogens (tertiary/aromatic N) is 2. The molecule has 31 heavy (non-hydrogen) atoms. The third-order valence-electron chi connectivity index (χ3n) is 6.51. The average molecular weight is 392 g/mol. The zero-order chi connectivity index (χ0) is 20.5. The molecule has 7 rings (SSSR count). The van der Waals surface area contributed by atoms with Crippen molar-refractivity contribution in [2.24, 2.45) is 0 Å². The molecule has 0 amide bonds. The number of para-hydroxylation sites is 2. The Bertz CT molecular complexity index is 1850. The number of aromatic nitrogens is 1. The summed E-state index contributed by atoms with van der Waals surface area (Å²) >= 11 is 0. The zero-order valence-electron chi connectivity index (χ0n) is 16.6. The Morgan fingerprint density at radius 1 is 0.613 bits per heavy atom. The van der Waals surface area contributed by atoms with E-state index in [9.17, 15) is 5.26 Å². The van der Waals surface area contributed by atoms with Gasteiger partial charge in [-0.15, -0.1) is 0 Å². The number of rotatable bonds is 1. The highest BCUT2D eigenvalue weighted by Gasteiger charge is 2.21. The minimum Gasteiger partial charge on any atom is -0.308 e. The van der Waals surface area contributed by atoms with E-state index < -0.39 is 0 Å². The maximum Gasteiger partial charge on any atom is 0.0991 e. The van der Waals surface area contributed by atoms with E-state index in [0.29, 0.717) is 5.56 Å². The van der Waals surface area contributed by atoms with Crippen molar-refractivity contribution in [1.82, 2.24) is 4.40 Å². The number of hydrogen-bond acceptors (Lipinski definition) is 1. The van der Waals surface area contributed by atoms with E-state index in [1.165, 1.54) is 54.4 Å². The minimum atomic E-state index is 0.681. The van der Waals surface area contributed by atoms with Crippen LogP contribution >= 0.6 is 0 Å². The van der Waals surface area contributed by atoms with Gasteiger partial charge in [-0.05, 0) is 46.2 Å². The Balaban J connectivity index is 1.82. The van der Waals surface area contributed by atoms with E-state index in [1.807, 2.05) is 18.2 Å². The molecule has 5 aromatic carbocycles. The molecule has 0 atom stereocenters. The molecule has 0 bridgehead atoms. The lowest BCUT2D eigenvalue weighted by Crippen LogP contribution is -1.87. The smallest absolute Gasteiger partial charge is 0.0991 e. The largest absolute Gasteiger partial charge is 0.308 e. The molecule has 0 aliphatic heterocycles. The van der Waals surface area contributed by atoms with Gasteiger partial charge in [-0.3, -0.25) is 0 Å². The summed E-state index contributed by atoms with van der Waals surface area (Å²) in [4.78, 5) is 0. The highest BCUT2D eigenvalue weighted by molar-refractivity contribution is 6.29. The molecule has 142 valence electrons. The van der Waals surface area contributed by atoms with Crippen molar-refractivity contribution in [3.8, 4) is 17.2 Å². The first-order chi connectivity index (χ1) is 15.3. The topological polar surface area (TPSA) is 28.2 Å². The van der Waals surface area contributed by atoms with Gasteiger partial charge in [-0.2, -0.15) is 5.26 Å².